The molecular weight excluding hydrogens is 344 g/mol. The highest BCUT2D eigenvalue weighted by molar-refractivity contribution is 6.32. The number of anilines is 1. The Bertz CT molecular complexity index is 806. The number of oxime groups is 1. The summed E-state index contributed by atoms with van der Waals surface area (Å²) in [4.78, 5) is 12.1. The second-order valence-electron chi connectivity index (χ2n) is 5.41. The molecule has 7 heteroatoms. The van der Waals surface area contributed by atoms with Crippen LogP contribution in [-0.2, 0) is 4.79 Å². The summed E-state index contributed by atoms with van der Waals surface area (Å²) in [7, 11) is 1.45. The number of aryl methyl sites for hydroxylation is 2. The fourth-order valence-electron chi connectivity index (χ4n) is 2.18. The Morgan fingerprint density at radius 2 is 2.04 bits per heavy atom. The van der Waals surface area contributed by atoms with Gasteiger partial charge >= 0.3 is 0 Å². The van der Waals surface area contributed by atoms with Crippen LogP contribution < -0.4 is 14.8 Å². The van der Waals surface area contributed by atoms with E-state index in [1.54, 1.807) is 12.1 Å². The van der Waals surface area contributed by atoms with Gasteiger partial charge in [0.15, 0.2) is 18.1 Å². The molecule has 132 valence electrons. The molecule has 0 unspecified atom stereocenters. The van der Waals surface area contributed by atoms with E-state index in [0.29, 0.717) is 17.0 Å². The van der Waals surface area contributed by atoms with Gasteiger partial charge in [0, 0.05) is 11.3 Å². The van der Waals surface area contributed by atoms with Crippen LogP contribution in [0.2, 0.25) is 5.02 Å². The molecule has 2 N–H and O–H groups in total. The number of carbonyl (C=O) groups excluding carboxylic acids is 1. The third-order valence-electron chi connectivity index (χ3n) is 3.60. The van der Waals surface area contributed by atoms with Crippen molar-refractivity contribution in [3.05, 3.63) is 52.0 Å². The maximum atomic E-state index is 12.1. The maximum absolute atomic E-state index is 12.1. The lowest BCUT2D eigenvalue weighted by Crippen LogP contribution is -2.20. The summed E-state index contributed by atoms with van der Waals surface area (Å²) < 4.78 is 10.7. The average Bonchev–Trinajstić information content (AvgIpc) is 2.57. The fourth-order valence-corrected chi connectivity index (χ4v) is 2.45. The number of hydrogen-bond donors (Lipinski definition) is 2. The van der Waals surface area contributed by atoms with E-state index in [-0.39, 0.29) is 23.3 Å². The number of nitrogens with zero attached hydrogens (tertiary/aromatic N) is 1. The zero-order chi connectivity index (χ0) is 18.4. The number of methoxy groups -OCH3 is 1. The molecule has 0 bridgehead atoms. The van der Waals surface area contributed by atoms with Crippen molar-refractivity contribution in [3.8, 4) is 11.5 Å². The van der Waals surface area contributed by atoms with Gasteiger partial charge in [0.1, 0.15) is 0 Å². The molecule has 0 fully saturated rings. The predicted octanol–water partition coefficient (Wildman–Crippen LogP) is 3.79. The molecule has 0 atom stereocenters. The first kappa shape index (κ1) is 18.6. The van der Waals surface area contributed by atoms with Crippen LogP contribution in [0.3, 0.4) is 0 Å². The minimum Gasteiger partial charge on any atom is -0.493 e. The summed E-state index contributed by atoms with van der Waals surface area (Å²) >= 11 is 6.15. The van der Waals surface area contributed by atoms with Crippen molar-refractivity contribution in [2.75, 3.05) is 19.0 Å². The van der Waals surface area contributed by atoms with E-state index in [1.165, 1.54) is 13.3 Å². The lowest BCUT2D eigenvalue weighted by molar-refractivity contribution is -0.118. The van der Waals surface area contributed by atoms with Gasteiger partial charge in [-0.3, -0.25) is 4.79 Å². The van der Waals surface area contributed by atoms with E-state index in [9.17, 15) is 4.79 Å². The number of rotatable bonds is 6. The topological polar surface area (TPSA) is 80.2 Å². The second kappa shape index (κ2) is 8.39. The van der Waals surface area contributed by atoms with E-state index >= 15 is 0 Å². The number of amides is 1. The van der Waals surface area contributed by atoms with Crippen molar-refractivity contribution < 1.29 is 19.5 Å². The monoisotopic (exact) mass is 362 g/mol. The first-order valence-electron chi connectivity index (χ1n) is 7.49. The Labute approximate surface area is 151 Å². The van der Waals surface area contributed by atoms with Crippen LogP contribution >= 0.6 is 11.6 Å². The Morgan fingerprint density at radius 3 is 2.68 bits per heavy atom. The lowest BCUT2D eigenvalue weighted by atomic mass is 10.1. The number of carbonyl (C=O) groups is 1. The van der Waals surface area contributed by atoms with E-state index < -0.39 is 0 Å². The third-order valence-corrected chi connectivity index (χ3v) is 3.88. The van der Waals surface area contributed by atoms with Crippen molar-refractivity contribution in [1.82, 2.24) is 0 Å². The summed E-state index contributed by atoms with van der Waals surface area (Å²) in [5.41, 5.74) is 3.47. The van der Waals surface area contributed by atoms with Crippen molar-refractivity contribution in [2.24, 2.45) is 5.16 Å². The lowest BCUT2D eigenvalue weighted by Gasteiger charge is -2.13. The molecule has 0 aliphatic rings. The van der Waals surface area contributed by atoms with Gasteiger partial charge in [0.2, 0.25) is 0 Å². The van der Waals surface area contributed by atoms with Crippen LogP contribution in [0.25, 0.3) is 0 Å². The Hall–Kier alpha value is -2.73. The molecule has 0 aromatic heterocycles. The molecule has 6 nitrogen and oxygen atoms in total. The third kappa shape index (κ3) is 4.87. The summed E-state index contributed by atoms with van der Waals surface area (Å²) in [5, 5.41) is 14.6. The largest absolute Gasteiger partial charge is 0.493 e. The fraction of sp³-hybridized carbons (Fsp3) is 0.222. The summed E-state index contributed by atoms with van der Waals surface area (Å²) in [6.45, 7) is 3.75. The van der Waals surface area contributed by atoms with E-state index in [1.807, 2.05) is 32.0 Å². The SMILES string of the molecule is COc1cc(/C=N/O)cc(Cl)c1OCC(=O)Nc1ccc(C)c(C)c1. The zero-order valence-corrected chi connectivity index (χ0v) is 14.9. The molecule has 0 aliphatic heterocycles. The van der Waals surface area contributed by atoms with E-state index in [0.717, 1.165) is 11.1 Å². The molecule has 25 heavy (non-hydrogen) atoms. The normalized spacial score (nSPS) is 10.7. The summed E-state index contributed by atoms with van der Waals surface area (Å²) in [6, 6.07) is 8.79. The highest BCUT2D eigenvalue weighted by atomic mass is 35.5. The van der Waals surface area contributed by atoms with Gasteiger partial charge in [-0.05, 0) is 49.2 Å². The van der Waals surface area contributed by atoms with Crippen LogP contribution in [0.15, 0.2) is 35.5 Å². The predicted molar refractivity (Wildman–Crippen MR) is 97.4 cm³/mol. The van der Waals surface area contributed by atoms with Gasteiger partial charge in [-0.25, -0.2) is 0 Å². The second-order valence-corrected chi connectivity index (χ2v) is 5.82. The number of ether oxygens (including phenoxy) is 2. The highest BCUT2D eigenvalue weighted by Gasteiger charge is 2.14. The van der Waals surface area contributed by atoms with Crippen molar-refractivity contribution >= 4 is 29.4 Å². The van der Waals surface area contributed by atoms with Crippen molar-refractivity contribution in [3.63, 3.8) is 0 Å². The van der Waals surface area contributed by atoms with Crippen LogP contribution in [0.4, 0.5) is 5.69 Å². The molecule has 0 heterocycles. The van der Waals surface area contributed by atoms with Crippen LogP contribution in [-0.4, -0.2) is 31.0 Å². The molecule has 2 aromatic rings. The summed E-state index contributed by atoms with van der Waals surface area (Å²) in [5.74, 6) is 0.262. The van der Waals surface area contributed by atoms with Crippen LogP contribution in [0.5, 0.6) is 11.5 Å². The van der Waals surface area contributed by atoms with Gasteiger partial charge in [-0.15, -0.1) is 0 Å². The van der Waals surface area contributed by atoms with E-state index in [2.05, 4.69) is 10.5 Å². The molecule has 0 aliphatic carbocycles. The highest BCUT2D eigenvalue weighted by Crippen LogP contribution is 2.36. The minimum absolute atomic E-state index is 0.226. The van der Waals surface area contributed by atoms with E-state index in [4.69, 9.17) is 26.3 Å². The molecule has 1 amide bonds. The molecule has 0 radical (unpaired) electrons. The Morgan fingerprint density at radius 1 is 1.28 bits per heavy atom. The molecular formula is C18H19ClN2O4. The molecule has 0 spiro atoms. The number of hydrogen-bond acceptors (Lipinski definition) is 5. The van der Waals surface area contributed by atoms with Gasteiger partial charge in [-0.2, -0.15) is 0 Å². The molecule has 0 saturated carbocycles. The molecule has 2 aromatic carbocycles. The van der Waals surface area contributed by atoms with Crippen molar-refractivity contribution in [2.45, 2.75) is 13.8 Å². The maximum Gasteiger partial charge on any atom is 0.262 e. The van der Waals surface area contributed by atoms with Gasteiger partial charge in [-0.1, -0.05) is 22.8 Å². The quantitative estimate of drug-likeness (QED) is 0.465. The Balaban J connectivity index is 2.07. The Kier molecular flexibility index (Phi) is 6.25. The standard InChI is InChI=1S/C18H19ClN2O4/c1-11-4-5-14(6-12(11)2)21-17(22)10-25-18-15(19)7-13(9-20-23)8-16(18)24-3/h4-9,23H,10H2,1-3H3,(H,21,22)/b20-9+. The zero-order valence-electron chi connectivity index (χ0n) is 14.2. The average molecular weight is 363 g/mol. The first-order valence-corrected chi connectivity index (χ1v) is 7.87. The van der Waals surface area contributed by atoms with Gasteiger partial charge in [0.05, 0.1) is 18.3 Å². The molecule has 2 rings (SSSR count). The number of benzene rings is 2. The van der Waals surface area contributed by atoms with Crippen molar-refractivity contribution in [1.29, 1.82) is 0 Å². The van der Waals surface area contributed by atoms with Gasteiger partial charge < -0.3 is 20.0 Å². The summed E-state index contributed by atoms with van der Waals surface area (Å²) in [6.07, 6.45) is 1.21. The first-order chi connectivity index (χ1) is 11.9. The minimum atomic E-state index is -0.317. The number of nitrogens with one attached hydrogen (secondary N) is 1. The van der Waals surface area contributed by atoms with Gasteiger partial charge in [0.25, 0.3) is 5.91 Å². The van der Waals surface area contributed by atoms with Crippen LogP contribution in [0, 0.1) is 13.8 Å². The molecule has 0 saturated heterocycles. The number of halogens is 1. The smallest absolute Gasteiger partial charge is 0.262 e. The van der Waals surface area contributed by atoms with Crippen LogP contribution in [0.1, 0.15) is 16.7 Å².